The van der Waals surface area contributed by atoms with Gasteiger partial charge in [-0.1, -0.05) is 48.5 Å². The number of benzene rings is 2. The zero-order valence-corrected chi connectivity index (χ0v) is 21.0. The molecule has 1 aliphatic carbocycles. The van der Waals surface area contributed by atoms with E-state index in [-0.39, 0.29) is 24.0 Å². The third-order valence-electron chi connectivity index (χ3n) is 6.07. The molecular formula is C25H35IN4O. The van der Waals surface area contributed by atoms with Gasteiger partial charge >= 0.3 is 0 Å². The van der Waals surface area contributed by atoms with Crippen LogP contribution >= 0.6 is 24.0 Å². The van der Waals surface area contributed by atoms with Crippen molar-refractivity contribution in [2.75, 3.05) is 32.8 Å². The summed E-state index contributed by atoms with van der Waals surface area (Å²) in [6.07, 6.45) is 1.17. The van der Waals surface area contributed by atoms with Gasteiger partial charge in [-0.25, -0.2) is 4.99 Å². The van der Waals surface area contributed by atoms with Gasteiger partial charge in [0, 0.05) is 38.1 Å². The smallest absolute Gasteiger partial charge is 0.191 e. The highest BCUT2D eigenvalue weighted by atomic mass is 127. The molecule has 168 valence electrons. The van der Waals surface area contributed by atoms with E-state index in [4.69, 9.17) is 9.73 Å². The van der Waals surface area contributed by atoms with Crippen molar-refractivity contribution in [2.45, 2.75) is 45.3 Å². The maximum Gasteiger partial charge on any atom is 0.191 e. The van der Waals surface area contributed by atoms with Crippen LogP contribution in [0.4, 0.5) is 0 Å². The number of hydrogen-bond donors (Lipinski definition) is 2. The fourth-order valence-corrected chi connectivity index (χ4v) is 4.23. The number of aliphatic imine (C=N–C) groups is 1. The van der Waals surface area contributed by atoms with Crippen LogP contribution in [0, 0.1) is 6.92 Å². The molecule has 0 spiro atoms. The van der Waals surface area contributed by atoms with Crippen LogP contribution in [0.25, 0.3) is 0 Å². The topological polar surface area (TPSA) is 48.9 Å². The van der Waals surface area contributed by atoms with E-state index >= 15 is 0 Å². The van der Waals surface area contributed by atoms with Crippen LogP contribution in [0.5, 0.6) is 0 Å². The molecule has 2 atom stereocenters. The van der Waals surface area contributed by atoms with Gasteiger partial charge in [0.1, 0.15) is 0 Å². The van der Waals surface area contributed by atoms with Gasteiger partial charge < -0.3 is 15.4 Å². The molecule has 1 heterocycles. The number of nitrogens with zero attached hydrogens (tertiary/aromatic N) is 2. The van der Waals surface area contributed by atoms with Crippen LogP contribution in [-0.2, 0) is 17.8 Å². The van der Waals surface area contributed by atoms with Crippen LogP contribution in [0.2, 0.25) is 0 Å². The molecule has 0 aromatic heterocycles. The molecular weight excluding hydrogens is 499 g/mol. The fourth-order valence-electron chi connectivity index (χ4n) is 4.23. The minimum absolute atomic E-state index is 0. The van der Waals surface area contributed by atoms with Crippen molar-refractivity contribution >= 4 is 29.9 Å². The molecule has 0 amide bonds. The van der Waals surface area contributed by atoms with E-state index in [0.29, 0.717) is 18.5 Å². The second-order valence-electron chi connectivity index (χ2n) is 8.30. The summed E-state index contributed by atoms with van der Waals surface area (Å²) in [6, 6.07) is 17.9. The lowest BCUT2D eigenvalue weighted by atomic mass is 10.0. The van der Waals surface area contributed by atoms with Crippen molar-refractivity contribution in [1.82, 2.24) is 15.5 Å². The van der Waals surface area contributed by atoms with E-state index in [2.05, 4.69) is 77.9 Å². The van der Waals surface area contributed by atoms with Gasteiger partial charge in [-0.15, -0.1) is 24.0 Å². The third-order valence-corrected chi connectivity index (χ3v) is 6.07. The number of guanidine groups is 1. The van der Waals surface area contributed by atoms with E-state index in [1.165, 1.54) is 28.7 Å². The Bertz CT molecular complexity index is 866. The molecule has 1 saturated heterocycles. The second kappa shape index (κ2) is 11.8. The summed E-state index contributed by atoms with van der Waals surface area (Å²) in [5.74, 6) is 1.50. The van der Waals surface area contributed by atoms with Crippen molar-refractivity contribution in [3.05, 3.63) is 70.8 Å². The highest BCUT2D eigenvalue weighted by molar-refractivity contribution is 14.0. The van der Waals surface area contributed by atoms with Gasteiger partial charge in [0.05, 0.1) is 19.8 Å². The number of morpholine rings is 1. The zero-order valence-electron chi connectivity index (χ0n) is 18.6. The number of halogens is 1. The SMILES string of the molecule is CCNC(=NCc1ccccc1CN1CCOCC1)NC1CC1c1ccccc1C.I. The standard InChI is InChI=1S/C25H34N4O.HI/c1-3-26-25(28-24-16-23(24)22-11-7-4-8-19(22)2)27-17-20-9-5-6-10-21(20)18-29-12-14-30-15-13-29;/h4-11,23-24H,3,12-18H2,1-2H3,(H2,26,27,28);1H. The molecule has 2 aromatic rings. The van der Waals surface area contributed by atoms with Crippen LogP contribution in [0.3, 0.4) is 0 Å². The Morgan fingerprint density at radius 3 is 2.52 bits per heavy atom. The van der Waals surface area contributed by atoms with Crippen molar-refractivity contribution in [3.8, 4) is 0 Å². The van der Waals surface area contributed by atoms with Gasteiger partial charge in [-0.2, -0.15) is 0 Å². The summed E-state index contributed by atoms with van der Waals surface area (Å²) in [6.45, 7) is 10.5. The second-order valence-corrected chi connectivity index (χ2v) is 8.30. The van der Waals surface area contributed by atoms with Crippen molar-refractivity contribution in [1.29, 1.82) is 0 Å². The summed E-state index contributed by atoms with van der Waals surface area (Å²) < 4.78 is 5.48. The molecule has 2 aliphatic rings. The fraction of sp³-hybridized carbons (Fsp3) is 0.480. The quantitative estimate of drug-likeness (QED) is 0.320. The number of aryl methyl sites for hydroxylation is 1. The first-order valence-electron chi connectivity index (χ1n) is 11.2. The highest BCUT2D eigenvalue weighted by Gasteiger charge is 2.39. The molecule has 31 heavy (non-hydrogen) atoms. The number of rotatable bonds is 7. The lowest BCUT2D eigenvalue weighted by Crippen LogP contribution is -2.39. The average Bonchev–Trinajstić information content (AvgIpc) is 3.53. The highest BCUT2D eigenvalue weighted by Crippen LogP contribution is 2.42. The average molecular weight is 534 g/mol. The predicted molar refractivity (Wildman–Crippen MR) is 138 cm³/mol. The first-order valence-corrected chi connectivity index (χ1v) is 11.2. The summed E-state index contributed by atoms with van der Waals surface area (Å²) in [4.78, 5) is 7.38. The molecule has 2 aromatic carbocycles. The van der Waals surface area contributed by atoms with Gasteiger partial charge in [-0.05, 0) is 42.5 Å². The molecule has 6 heteroatoms. The van der Waals surface area contributed by atoms with Gasteiger partial charge in [0.25, 0.3) is 0 Å². The Morgan fingerprint density at radius 1 is 1.06 bits per heavy atom. The summed E-state index contributed by atoms with van der Waals surface area (Å²) in [7, 11) is 0. The van der Waals surface area contributed by atoms with Gasteiger partial charge in [0.15, 0.2) is 5.96 Å². The third kappa shape index (κ3) is 6.67. The Hall–Kier alpha value is -1.64. The Kier molecular flexibility index (Phi) is 9.16. The maximum absolute atomic E-state index is 5.48. The number of hydrogen-bond acceptors (Lipinski definition) is 3. The first-order chi connectivity index (χ1) is 14.7. The molecule has 0 radical (unpaired) electrons. The molecule has 4 rings (SSSR count). The Balaban J connectivity index is 0.00000272. The number of ether oxygens (including phenoxy) is 1. The molecule has 5 nitrogen and oxygen atoms in total. The largest absolute Gasteiger partial charge is 0.379 e. The van der Waals surface area contributed by atoms with Crippen LogP contribution < -0.4 is 10.6 Å². The summed E-state index contributed by atoms with van der Waals surface area (Å²) in [5.41, 5.74) is 5.50. The zero-order chi connectivity index (χ0) is 20.8. The minimum atomic E-state index is 0. The molecule has 1 saturated carbocycles. The van der Waals surface area contributed by atoms with Gasteiger partial charge in [-0.3, -0.25) is 4.90 Å². The first kappa shape index (κ1) is 24.0. The minimum Gasteiger partial charge on any atom is -0.379 e. The van der Waals surface area contributed by atoms with Crippen molar-refractivity contribution in [3.63, 3.8) is 0 Å². The molecule has 0 bridgehead atoms. The van der Waals surface area contributed by atoms with Crippen LogP contribution in [0.1, 0.15) is 41.5 Å². The Morgan fingerprint density at radius 2 is 1.77 bits per heavy atom. The van der Waals surface area contributed by atoms with E-state index in [1.807, 2.05) is 0 Å². The van der Waals surface area contributed by atoms with E-state index in [9.17, 15) is 0 Å². The molecule has 2 N–H and O–H groups in total. The monoisotopic (exact) mass is 534 g/mol. The van der Waals surface area contributed by atoms with E-state index in [1.54, 1.807) is 0 Å². The van der Waals surface area contributed by atoms with Crippen LogP contribution in [0.15, 0.2) is 53.5 Å². The summed E-state index contributed by atoms with van der Waals surface area (Å²) >= 11 is 0. The van der Waals surface area contributed by atoms with Gasteiger partial charge in [0.2, 0.25) is 0 Å². The van der Waals surface area contributed by atoms with E-state index in [0.717, 1.165) is 45.4 Å². The van der Waals surface area contributed by atoms with Crippen LogP contribution in [-0.4, -0.2) is 49.7 Å². The lowest BCUT2D eigenvalue weighted by molar-refractivity contribution is 0.0341. The number of nitrogens with one attached hydrogen (secondary N) is 2. The molecule has 2 unspecified atom stereocenters. The van der Waals surface area contributed by atoms with E-state index < -0.39 is 0 Å². The Labute approximate surface area is 203 Å². The lowest BCUT2D eigenvalue weighted by Gasteiger charge is -2.27. The predicted octanol–water partition coefficient (Wildman–Crippen LogP) is 4.06. The normalized spacial score (nSPS) is 21.3. The summed E-state index contributed by atoms with van der Waals surface area (Å²) in [5, 5.41) is 7.07. The maximum atomic E-state index is 5.48. The molecule has 2 fully saturated rings. The van der Waals surface area contributed by atoms with Crippen molar-refractivity contribution in [2.24, 2.45) is 4.99 Å². The van der Waals surface area contributed by atoms with Crippen molar-refractivity contribution < 1.29 is 4.74 Å². The molecule has 1 aliphatic heterocycles.